The normalized spacial score (nSPS) is 11.9. The van der Waals surface area contributed by atoms with Gasteiger partial charge in [0.15, 0.2) is 0 Å². The van der Waals surface area contributed by atoms with Crippen molar-refractivity contribution in [2.24, 2.45) is 0 Å². The molecule has 2 rings (SSSR count). The zero-order valence-corrected chi connectivity index (χ0v) is 11.2. The molecule has 104 valence electrons. The van der Waals surface area contributed by atoms with Gasteiger partial charge in [0, 0.05) is 6.07 Å². The van der Waals surface area contributed by atoms with Gasteiger partial charge in [0.25, 0.3) is 0 Å². The molecule has 5 heteroatoms. The van der Waals surface area contributed by atoms with Crippen molar-refractivity contribution in [3.8, 4) is 11.5 Å². The number of aliphatic hydroxyl groups is 1. The first-order valence-electron chi connectivity index (χ1n) is 6.18. The molecule has 0 amide bonds. The second kappa shape index (κ2) is 5.71. The van der Waals surface area contributed by atoms with Gasteiger partial charge in [0.2, 0.25) is 5.75 Å². The number of nitro benzene ring substituents is 1. The highest BCUT2D eigenvalue weighted by Gasteiger charge is 2.15. The fourth-order valence-electron chi connectivity index (χ4n) is 1.80. The predicted octanol–water partition coefficient (Wildman–Crippen LogP) is 3.75. The Morgan fingerprint density at radius 2 is 1.85 bits per heavy atom. The minimum absolute atomic E-state index is 0.0739. The van der Waals surface area contributed by atoms with Crippen LogP contribution in [0.5, 0.6) is 11.5 Å². The molecule has 0 aliphatic rings. The molecule has 1 N–H and O–H groups in total. The average molecular weight is 273 g/mol. The number of aliphatic hydroxyl groups excluding tert-OH is 1. The van der Waals surface area contributed by atoms with E-state index >= 15 is 0 Å². The second-order valence-electron chi connectivity index (χ2n) is 4.58. The van der Waals surface area contributed by atoms with Crippen LogP contribution in [0.15, 0.2) is 42.5 Å². The van der Waals surface area contributed by atoms with Crippen molar-refractivity contribution >= 4 is 5.69 Å². The SMILES string of the molecule is Cc1ccc([N+](=O)[O-])c(Oc2ccc([C@H](C)O)cc2)c1. The predicted molar refractivity (Wildman–Crippen MR) is 75.0 cm³/mol. The summed E-state index contributed by atoms with van der Waals surface area (Å²) in [5, 5.41) is 20.4. The van der Waals surface area contributed by atoms with Gasteiger partial charge >= 0.3 is 5.69 Å². The highest BCUT2D eigenvalue weighted by atomic mass is 16.6. The lowest BCUT2D eigenvalue weighted by Gasteiger charge is -2.09. The molecule has 0 radical (unpaired) electrons. The molecule has 2 aromatic carbocycles. The zero-order valence-electron chi connectivity index (χ0n) is 11.2. The molecule has 0 unspecified atom stereocenters. The molecule has 0 heterocycles. The Balaban J connectivity index is 2.29. The fraction of sp³-hybridized carbons (Fsp3) is 0.200. The van der Waals surface area contributed by atoms with Crippen LogP contribution in [0, 0.1) is 17.0 Å². The van der Waals surface area contributed by atoms with Gasteiger partial charge in [-0.2, -0.15) is 0 Å². The maximum Gasteiger partial charge on any atom is 0.311 e. The topological polar surface area (TPSA) is 72.6 Å². The van der Waals surface area contributed by atoms with Crippen molar-refractivity contribution in [1.29, 1.82) is 0 Å². The van der Waals surface area contributed by atoms with Gasteiger partial charge in [-0.05, 0) is 43.2 Å². The van der Waals surface area contributed by atoms with Crippen LogP contribution in [0.4, 0.5) is 5.69 Å². The molecule has 2 aromatic rings. The number of nitrogens with zero attached hydrogens (tertiary/aromatic N) is 1. The van der Waals surface area contributed by atoms with E-state index in [2.05, 4.69) is 0 Å². The molecule has 0 bridgehead atoms. The average Bonchev–Trinajstić information content (AvgIpc) is 2.39. The molecule has 0 aliphatic carbocycles. The Morgan fingerprint density at radius 3 is 2.40 bits per heavy atom. The highest BCUT2D eigenvalue weighted by Crippen LogP contribution is 2.32. The number of hydrogen-bond donors (Lipinski definition) is 1. The molecule has 20 heavy (non-hydrogen) atoms. The number of aryl methyl sites for hydroxylation is 1. The molecule has 1 atom stereocenters. The summed E-state index contributed by atoms with van der Waals surface area (Å²) in [7, 11) is 0. The maximum absolute atomic E-state index is 11.0. The van der Waals surface area contributed by atoms with Gasteiger partial charge in [0.05, 0.1) is 11.0 Å². The van der Waals surface area contributed by atoms with Crippen LogP contribution >= 0.6 is 0 Å². The van der Waals surface area contributed by atoms with E-state index in [1.54, 1.807) is 43.3 Å². The van der Waals surface area contributed by atoms with E-state index in [-0.39, 0.29) is 11.4 Å². The standard InChI is InChI=1S/C15H15NO4/c1-10-3-8-14(16(18)19)15(9-10)20-13-6-4-12(5-7-13)11(2)17/h3-9,11,17H,1-2H3/t11-/m0/s1. The van der Waals surface area contributed by atoms with Gasteiger partial charge in [-0.3, -0.25) is 10.1 Å². The first-order valence-corrected chi connectivity index (χ1v) is 6.18. The number of ether oxygens (including phenoxy) is 1. The second-order valence-corrected chi connectivity index (χ2v) is 4.58. The Bertz CT molecular complexity index is 620. The molecule has 0 saturated carbocycles. The minimum atomic E-state index is -0.558. The van der Waals surface area contributed by atoms with Crippen LogP contribution in [0.2, 0.25) is 0 Å². The van der Waals surface area contributed by atoms with Gasteiger partial charge in [-0.25, -0.2) is 0 Å². The Labute approximate surface area is 116 Å². The monoisotopic (exact) mass is 273 g/mol. The van der Waals surface area contributed by atoms with Crippen molar-refractivity contribution < 1.29 is 14.8 Å². The minimum Gasteiger partial charge on any atom is -0.450 e. The number of rotatable bonds is 4. The summed E-state index contributed by atoms with van der Waals surface area (Å²) in [6, 6.07) is 11.5. The fourth-order valence-corrected chi connectivity index (χ4v) is 1.80. The molecule has 0 aromatic heterocycles. The van der Waals surface area contributed by atoms with Gasteiger partial charge in [-0.15, -0.1) is 0 Å². The van der Waals surface area contributed by atoms with E-state index in [0.29, 0.717) is 5.75 Å². The van der Waals surface area contributed by atoms with Gasteiger partial charge < -0.3 is 9.84 Å². The molecule has 0 aliphatic heterocycles. The third-order valence-electron chi connectivity index (χ3n) is 2.90. The third kappa shape index (κ3) is 3.13. The van der Waals surface area contributed by atoms with Crippen molar-refractivity contribution in [2.75, 3.05) is 0 Å². The molecule has 0 fully saturated rings. The lowest BCUT2D eigenvalue weighted by molar-refractivity contribution is -0.385. The van der Waals surface area contributed by atoms with Crippen molar-refractivity contribution in [2.45, 2.75) is 20.0 Å². The van der Waals surface area contributed by atoms with Crippen molar-refractivity contribution in [3.05, 3.63) is 63.7 Å². The third-order valence-corrected chi connectivity index (χ3v) is 2.90. The van der Waals surface area contributed by atoms with Gasteiger partial charge in [0.1, 0.15) is 5.75 Å². The number of hydrogen-bond acceptors (Lipinski definition) is 4. The summed E-state index contributed by atoms with van der Waals surface area (Å²) in [6.07, 6.45) is -0.558. The smallest absolute Gasteiger partial charge is 0.311 e. The van der Waals surface area contributed by atoms with E-state index in [9.17, 15) is 15.2 Å². The lowest BCUT2D eigenvalue weighted by atomic mass is 10.1. The van der Waals surface area contributed by atoms with E-state index in [1.165, 1.54) is 6.07 Å². The van der Waals surface area contributed by atoms with E-state index < -0.39 is 11.0 Å². The number of nitro groups is 1. The summed E-state index contributed by atoms with van der Waals surface area (Å²) in [6.45, 7) is 3.51. The molecular weight excluding hydrogens is 258 g/mol. The highest BCUT2D eigenvalue weighted by molar-refractivity contribution is 5.50. The summed E-state index contributed by atoms with van der Waals surface area (Å²) >= 11 is 0. The van der Waals surface area contributed by atoms with Gasteiger partial charge in [-0.1, -0.05) is 18.2 Å². The molecule has 5 nitrogen and oxygen atoms in total. The van der Waals surface area contributed by atoms with Crippen LogP contribution in [0.25, 0.3) is 0 Å². The van der Waals surface area contributed by atoms with Crippen LogP contribution in [0.1, 0.15) is 24.2 Å². The van der Waals surface area contributed by atoms with Crippen molar-refractivity contribution in [1.82, 2.24) is 0 Å². The van der Waals surface area contributed by atoms with Crippen LogP contribution in [-0.2, 0) is 0 Å². The first kappa shape index (κ1) is 14.0. The summed E-state index contributed by atoms with van der Waals surface area (Å²) in [5.74, 6) is 0.697. The Hall–Kier alpha value is -2.40. The van der Waals surface area contributed by atoms with E-state index in [4.69, 9.17) is 4.74 Å². The van der Waals surface area contributed by atoms with Crippen LogP contribution in [-0.4, -0.2) is 10.0 Å². The summed E-state index contributed by atoms with van der Waals surface area (Å²) < 4.78 is 5.56. The summed E-state index contributed by atoms with van der Waals surface area (Å²) in [5.41, 5.74) is 1.57. The number of benzene rings is 2. The first-order chi connectivity index (χ1) is 9.47. The van der Waals surface area contributed by atoms with E-state index in [1.807, 2.05) is 6.92 Å². The largest absolute Gasteiger partial charge is 0.450 e. The summed E-state index contributed by atoms with van der Waals surface area (Å²) in [4.78, 5) is 10.5. The Morgan fingerprint density at radius 1 is 1.20 bits per heavy atom. The molecule has 0 spiro atoms. The lowest BCUT2D eigenvalue weighted by Crippen LogP contribution is -1.95. The quantitative estimate of drug-likeness (QED) is 0.680. The maximum atomic E-state index is 11.0. The Kier molecular flexibility index (Phi) is 4.00. The molecular formula is C15H15NO4. The van der Waals surface area contributed by atoms with Crippen LogP contribution < -0.4 is 4.74 Å². The van der Waals surface area contributed by atoms with E-state index in [0.717, 1.165) is 11.1 Å². The van der Waals surface area contributed by atoms with Crippen LogP contribution in [0.3, 0.4) is 0 Å². The van der Waals surface area contributed by atoms with Crippen molar-refractivity contribution in [3.63, 3.8) is 0 Å². The zero-order chi connectivity index (χ0) is 14.7. The molecule has 0 saturated heterocycles.